The number of nitrogens with one attached hydrogen (secondary N) is 1. The zero-order chi connectivity index (χ0) is 16.8. The fraction of sp³-hybridized carbons (Fsp3) is 0.0588. The Kier molecular flexibility index (Phi) is 2.96. The molecule has 0 saturated carbocycles. The minimum atomic E-state index is -0.572. The summed E-state index contributed by atoms with van der Waals surface area (Å²) in [6.45, 7) is 0. The van der Waals surface area contributed by atoms with Gasteiger partial charge in [0.2, 0.25) is 0 Å². The summed E-state index contributed by atoms with van der Waals surface area (Å²) in [6.07, 6.45) is 0. The molecule has 7 nitrogen and oxygen atoms in total. The quantitative estimate of drug-likeness (QED) is 0.577. The molecule has 0 unspecified atom stereocenters. The van der Waals surface area contributed by atoms with Crippen LogP contribution in [0, 0.1) is 0 Å². The first kappa shape index (κ1) is 14.1. The Morgan fingerprint density at radius 1 is 1.04 bits per heavy atom. The molecule has 3 aromatic rings. The van der Waals surface area contributed by atoms with Crippen LogP contribution in [0.5, 0.6) is 0 Å². The number of benzene rings is 2. The maximum absolute atomic E-state index is 12.6. The fourth-order valence-corrected chi connectivity index (χ4v) is 2.87. The lowest BCUT2D eigenvalue weighted by Gasteiger charge is -2.14. The number of H-pyrrole nitrogens is 1. The van der Waals surface area contributed by atoms with Gasteiger partial charge in [-0.25, -0.2) is 9.69 Å². The van der Waals surface area contributed by atoms with Crippen LogP contribution in [-0.2, 0) is 4.74 Å². The van der Waals surface area contributed by atoms with Crippen molar-refractivity contribution in [3.05, 3.63) is 59.3 Å². The van der Waals surface area contributed by atoms with E-state index in [1.165, 1.54) is 7.11 Å². The van der Waals surface area contributed by atoms with E-state index < -0.39 is 17.8 Å². The lowest BCUT2D eigenvalue weighted by atomic mass is 10.1. The van der Waals surface area contributed by atoms with Gasteiger partial charge in [-0.15, -0.1) is 0 Å². The van der Waals surface area contributed by atoms with Crippen molar-refractivity contribution in [3.8, 4) is 0 Å². The van der Waals surface area contributed by atoms with Gasteiger partial charge < -0.3 is 4.74 Å². The second-order valence-corrected chi connectivity index (χ2v) is 5.25. The van der Waals surface area contributed by atoms with Crippen molar-refractivity contribution in [1.82, 2.24) is 10.2 Å². The number of methoxy groups -OCH3 is 1. The molecule has 4 rings (SSSR count). The molecule has 2 amide bonds. The van der Waals surface area contributed by atoms with Crippen molar-refractivity contribution in [2.45, 2.75) is 0 Å². The molecule has 1 aliphatic rings. The van der Waals surface area contributed by atoms with E-state index in [9.17, 15) is 14.4 Å². The average Bonchev–Trinajstić information content (AvgIpc) is 3.15. The van der Waals surface area contributed by atoms with Crippen molar-refractivity contribution in [3.63, 3.8) is 0 Å². The van der Waals surface area contributed by atoms with Gasteiger partial charge in [0.1, 0.15) is 5.52 Å². The number of carbonyl (C=O) groups excluding carboxylic acids is 3. The van der Waals surface area contributed by atoms with Gasteiger partial charge in [0.25, 0.3) is 11.8 Å². The first-order chi connectivity index (χ1) is 11.6. The number of rotatable bonds is 2. The number of esters is 1. The molecular weight excluding hydrogens is 310 g/mol. The Labute approximate surface area is 135 Å². The van der Waals surface area contributed by atoms with E-state index in [4.69, 9.17) is 4.74 Å². The standard InChI is InChI=1S/C17H11N3O4/c1-24-17(23)14-11-7-4-8-12(13(11)18-19-14)20-15(21)9-5-2-3-6-10(9)16(20)22/h2-8H,1H3,(H,18,19). The number of aromatic amines is 1. The Morgan fingerprint density at radius 3 is 2.33 bits per heavy atom. The molecule has 1 aliphatic heterocycles. The van der Waals surface area contributed by atoms with Gasteiger partial charge in [0.15, 0.2) is 5.69 Å². The summed E-state index contributed by atoms with van der Waals surface area (Å²) >= 11 is 0. The molecule has 0 saturated heterocycles. The molecule has 2 heterocycles. The van der Waals surface area contributed by atoms with Crippen LogP contribution in [0.3, 0.4) is 0 Å². The molecule has 7 heteroatoms. The Morgan fingerprint density at radius 2 is 1.71 bits per heavy atom. The van der Waals surface area contributed by atoms with Gasteiger partial charge in [0.05, 0.1) is 23.9 Å². The van der Waals surface area contributed by atoms with Crippen molar-refractivity contribution >= 4 is 34.4 Å². The number of amides is 2. The number of hydrogen-bond donors (Lipinski definition) is 1. The maximum atomic E-state index is 12.6. The molecule has 0 atom stereocenters. The molecule has 24 heavy (non-hydrogen) atoms. The number of carbonyl (C=O) groups is 3. The third-order valence-electron chi connectivity index (χ3n) is 3.99. The highest BCUT2D eigenvalue weighted by atomic mass is 16.5. The summed E-state index contributed by atoms with van der Waals surface area (Å²) in [6, 6.07) is 11.6. The number of aromatic nitrogens is 2. The normalized spacial score (nSPS) is 13.5. The summed E-state index contributed by atoms with van der Waals surface area (Å²) < 4.78 is 4.70. The van der Waals surface area contributed by atoms with Crippen LogP contribution in [0.1, 0.15) is 31.2 Å². The van der Waals surface area contributed by atoms with Crippen molar-refractivity contribution < 1.29 is 19.1 Å². The van der Waals surface area contributed by atoms with Crippen LogP contribution < -0.4 is 4.90 Å². The summed E-state index contributed by atoms with van der Waals surface area (Å²) in [5.41, 5.74) is 1.55. The van der Waals surface area contributed by atoms with Crippen LogP contribution in [0.4, 0.5) is 5.69 Å². The topological polar surface area (TPSA) is 92.4 Å². The van der Waals surface area contributed by atoms with Crippen LogP contribution in [0.2, 0.25) is 0 Å². The molecule has 0 radical (unpaired) electrons. The monoisotopic (exact) mass is 321 g/mol. The number of nitrogens with zero attached hydrogens (tertiary/aromatic N) is 2. The highest BCUT2D eigenvalue weighted by Gasteiger charge is 2.37. The summed E-state index contributed by atoms with van der Waals surface area (Å²) in [5, 5.41) is 7.18. The maximum Gasteiger partial charge on any atom is 0.356 e. The Hall–Kier alpha value is -3.48. The van der Waals surface area contributed by atoms with Crippen LogP contribution in [-0.4, -0.2) is 35.1 Å². The predicted molar refractivity (Wildman–Crippen MR) is 85.0 cm³/mol. The average molecular weight is 321 g/mol. The second-order valence-electron chi connectivity index (χ2n) is 5.25. The molecule has 0 aliphatic carbocycles. The molecule has 2 aromatic carbocycles. The SMILES string of the molecule is COC(=O)c1[nH]nc2c(N3C(=O)c4ccccc4C3=O)cccc12. The predicted octanol–water partition coefficient (Wildman–Crippen LogP) is 2.15. The van der Waals surface area contributed by atoms with E-state index in [2.05, 4.69) is 10.2 Å². The lowest BCUT2D eigenvalue weighted by Crippen LogP contribution is -2.29. The van der Waals surface area contributed by atoms with E-state index in [-0.39, 0.29) is 5.69 Å². The van der Waals surface area contributed by atoms with E-state index in [0.29, 0.717) is 27.7 Å². The zero-order valence-corrected chi connectivity index (χ0v) is 12.6. The van der Waals surface area contributed by atoms with Crippen molar-refractivity contribution in [2.24, 2.45) is 0 Å². The van der Waals surface area contributed by atoms with E-state index in [1.807, 2.05) is 0 Å². The number of anilines is 1. The number of imide groups is 1. The minimum Gasteiger partial charge on any atom is -0.464 e. The van der Waals surface area contributed by atoms with Crippen LogP contribution in [0.15, 0.2) is 42.5 Å². The van der Waals surface area contributed by atoms with E-state index in [0.717, 1.165) is 4.90 Å². The minimum absolute atomic E-state index is 0.172. The lowest BCUT2D eigenvalue weighted by molar-refractivity contribution is 0.0596. The molecule has 0 bridgehead atoms. The zero-order valence-electron chi connectivity index (χ0n) is 12.6. The van der Waals surface area contributed by atoms with Crippen LogP contribution >= 0.6 is 0 Å². The highest BCUT2D eigenvalue weighted by Crippen LogP contribution is 2.33. The largest absolute Gasteiger partial charge is 0.464 e. The van der Waals surface area contributed by atoms with Gasteiger partial charge in [-0.05, 0) is 18.2 Å². The van der Waals surface area contributed by atoms with Gasteiger partial charge >= 0.3 is 5.97 Å². The van der Waals surface area contributed by atoms with Crippen LogP contribution in [0.25, 0.3) is 10.9 Å². The van der Waals surface area contributed by atoms with Gasteiger partial charge in [-0.2, -0.15) is 5.10 Å². The summed E-state index contributed by atoms with van der Waals surface area (Å²) in [5.74, 6) is -1.39. The second kappa shape index (κ2) is 5.02. The first-order valence-electron chi connectivity index (χ1n) is 7.16. The number of para-hydroxylation sites is 1. The molecule has 0 spiro atoms. The van der Waals surface area contributed by atoms with Crippen molar-refractivity contribution in [1.29, 1.82) is 0 Å². The number of hydrogen-bond acceptors (Lipinski definition) is 5. The molecule has 1 N–H and O–H groups in total. The van der Waals surface area contributed by atoms with E-state index in [1.54, 1.807) is 42.5 Å². The molecule has 118 valence electrons. The smallest absolute Gasteiger partial charge is 0.356 e. The van der Waals surface area contributed by atoms with E-state index >= 15 is 0 Å². The molecule has 1 aromatic heterocycles. The van der Waals surface area contributed by atoms with Crippen molar-refractivity contribution in [2.75, 3.05) is 12.0 Å². The highest BCUT2D eigenvalue weighted by molar-refractivity contribution is 6.36. The summed E-state index contributed by atoms with van der Waals surface area (Å²) in [4.78, 5) is 38.1. The third kappa shape index (κ3) is 1.78. The van der Waals surface area contributed by atoms with Gasteiger partial charge in [-0.3, -0.25) is 14.7 Å². The fourth-order valence-electron chi connectivity index (χ4n) is 2.87. The number of ether oxygens (including phenoxy) is 1. The van der Waals surface area contributed by atoms with Gasteiger partial charge in [0, 0.05) is 5.39 Å². The summed E-state index contributed by atoms with van der Waals surface area (Å²) in [7, 11) is 1.27. The van der Waals surface area contributed by atoms with Gasteiger partial charge in [-0.1, -0.05) is 24.3 Å². The first-order valence-corrected chi connectivity index (χ1v) is 7.16. The molecular formula is C17H11N3O4. The number of fused-ring (bicyclic) bond motifs is 2. The third-order valence-corrected chi connectivity index (χ3v) is 3.99. The molecule has 0 fully saturated rings. The Bertz CT molecular complexity index is 987. The Balaban J connectivity index is 1.90.